The highest BCUT2D eigenvalue weighted by atomic mass is 16.5. The summed E-state index contributed by atoms with van der Waals surface area (Å²) in [5, 5.41) is 0. The molecule has 0 aliphatic carbocycles. The molecular weight excluding hydrogens is 499 g/mol. The Kier molecular flexibility index (Phi) is 5.40. The first-order valence-electron chi connectivity index (χ1n) is 14.1. The molecule has 0 radical (unpaired) electrons. The molecule has 0 spiro atoms. The minimum Gasteiger partial charge on any atom is -0.458 e. The maximum Gasteiger partial charge on any atom is 0.260 e. The second-order valence-corrected chi connectivity index (χ2v) is 11.0. The van der Waals surface area contributed by atoms with Crippen LogP contribution in [0.3, 0.4) is 0 Å². The van der Waals surface area contributed by atoms with Crippen molar-refractivity contribution in [3.8, 4) is 56.4 Å². The minimum absolute atomic E-state index is 0.00668. The average Bonchev–Trinajstić information content (AvgIpc) is 3.01. The SMILES string of the molecule is Cc1ccccc1-c1ccc2c(c1)Oc1c(-c3ccccc3C)ccc3c1B2c1ccc(-c2ccccc2)cc1O3. The number of rotatable bonds is 3. The normalized spacial score (nSPS) is 12.5. The van der Waals surface area contributed by atoms with Crippen molar-refractivity contribution in [1.29, 1.82) is 0 Å². The lowest BCUT2D eigenvalue weighted by atomic mass is 9.34. The zero-order chi connectivity index (χ0) is 27.5. The lowest BCUT2D eigenvalue weighted by Gasteiger charge is -2.34. The van der Waals surface area contributed by atoms with E-state index in [9.17, 15) is 0 Å². The number of fused-ring (bicyclic) bond motifs is 4. The van der Waals surface area contributed by atoms with Crippen LogP contribution in [-0.2, 0) is 0 Å². The van der Waals surface area contributed by atoms with E-state index in [1.54, 1.807) is 0 Å². The van der Waals surface area contributed by atoms with Crippen LogP contribution >= 0.6 is 0 Å². The van der Waals surface area contributed by atoms with E-state index in [1.165, 1.54) is 27.8 Å². The van der Waals surface area contributed by atoms with E-state index < -0.39 is 0 Å². The van der Waals surface area contributed by atoms with Gasteiger partial charge < -0.3 is 9.47 Å². The third-order valence-electron chi connectivity index (χ3n) is 8.52. The summed E-state index contributed by atoms with van der Waals surface area (Å²) in [4.78, 5) is 0. The molecule has 0 atom stereocenters. The van der Waals surface area contributed by atoms with Crippen molar-refractivity contribution in [1.82, 2.24) is 0 Å². The van der Waals surface area contributed by atoms with Crippen LogP contribution in [0, 0.1) is 13.8 Å². The van der Waals surface area contributed by atoms with Crippen LogP contribution < -0.4 is 25.9 Å². The third-order valence-corrected chi connectivity index (χ3v) is 8.52. The van der Waals surface area contributed by atoms with Crippen molar-refractivity contribution < 1.29 is 9.47 Å². The van der Waals surface area contributed by atoms with Crippen LogP contribution in [0.1, 0.15) is 11.1 Å². The van der Waals surface area contributed by atoms with Gasteiger partial charge in [-0.3, -0.25) is 0 Å². The van der Waals surface area contributed by atoms with E-state index in [-0.39, 0.29) is 6.71 Å². The topological polar surface area (TPSA) is 18.5 Å². The number of hydrogen-bond acceptors (Lipinski definition) is 2. The van der Waals surface area contributed by atoms with Crippen LogP contribution in [0.2, 0.25) is 0 Å². The standard InChI is InChI=1S/C38H27BO2/c1-24-10-6-8-14-29(24)28-17-20-33-36(23-28)41-38-31(30-15-9-7-11-25(30)2)18-21-34-37(38)39(33)32-19-16-27(22-35(32)40-34)26-12-4-3-5-13-26/h3-23H,1-2H3. The van der Waals surface area contributed by atoms with Crippen molar-refractivity contribution in [2.45, 2.75) is 13.8 Å². The summed E-state index contributed by atoms with van der Waals surface area (Å²) in [6.45, 7) is 4.32. The highest BCUT2D eigenvalue weighted by molar-refractivity contribution is 6.98. The van der Waals surface area contributed by atoms with E-state index in [2.05, 4.69) is 135 Å². The van der Waals surface area contributed by atoms with Crippen molar-refractivity contribution in [2.24, 2.45) is 0 Å². The van der Waals surface area contributed by atoms with E-state index in [4.69, 9.17) is 9.47 Å². The van der Waals surface area contributed by atoms with Gasteiger partial charge in [0.15, 0.2) is 0 Å². The van der Waals surface area contributed by atoms with E-state index >= 15 is 0 Å². The summed E-state index contributed by atoms with van der Waals surface area (Å²) in [7, 11) is 0. The Labute approximate surface area is 240 Å². The van der Waals surface area contributed by atoms with Crippen LogP contribution in [0.4, 0.5) is 0 Å². The fourth-order valence-electron chi connectivity index (χ4n) is 6.44. The molecule has 6 aromatic rings. The lowest BCUT2D eigenvalue weighted by molar-refractivity contribution is 0.466. The molecule has 8 rings (SSSR count). The van der Waals surface area contributed by atoms with Gasteiger partial charge in [0.25, 0.3) is 6.71 Å². The first-order chi connectivity index (χ1) is 20.2. The quantitative estimate of drug-likeness (QED) is 0.217. The zero-order valence-electron chi connectivity index (χ0n) is 23.0. The Bertz CT molecular complexity index is 1980. The molecule has 2 heterocycles. The molecule has 2 aliphatic rings. The second-order valence-electron chi connectivity index (χ2n) is 11.0. The predicted molar refractivity (Wildman–Crippen MR) is 170 cm³/mol. The monoisotopic (exact) mass is 526 g/mol. The Morgan fingerprint density at radius 2 is 1.05 bits per heavy atom. The number of hydrogen-bond donors (Lipinski definition) is 0. The van der Waals surface area contributed by atoms with Gasteiger partial charge in [-0.1, -0.05) is 103 Å². The largest absolute Gasteiger partial charge is 0.458 e. The molecular formula is C38H27BO2. The molecule has 3 heteroatoms. The molecule has 0 fully saturated rings. The summed E-state index contributed by atoms with van der Waals surface area (Å²) < 4.78 is 13.5. The Balaban J connectivity index is 1.36. The van der Waals surface area contributed by atoms with Crippen molar-refractivity contribution in [2.75, 3.05) is 0 Å². The Hall–Kier alpha value is -5.02. The first kappa shape index (κ1) is 23.8. The molecule has 0 bridgehead atoms. The molecule has 41 heavy (non-hydrogen) atoms. The summed E-state index contributed by atoms with van der Waals surface area (Å²) >= 11 is 0. The van der Waals surface area contributed by atoms with Gasteiger partial charge in [0.2, 0.25) is 0 Å². The Morgan fingerprint density at radius 3 is 1.78 bits per heavy atom. The fourth-order valence-corrected chi connectivity index (χ4v) is 6.44. The average molecular weight is 526 g/mol. The third kappa shape index (κ3) is 3.81. The summed E-state index contributed by atoms with van der Waals surface area (Å²) in [6.07, 6.45) is 0. The molecule has 0 saturated carbocycles. The molecule has 0 saturated heterocycles. The zero-order valence-corrected chi connectivity index (χ0v) is 23.0. The van der Waals surface area contributed by atoms with Gasteiger partial charge in [-0.05, 0) is 88.0 Å². The number of ether oxygens (including phenoxy) is 2. The summed E-state index contributed by atoms with van der Waals surface area (Å²) in [5.74, 6) is 3.53. The highest BCUT2D eigenvalue weighted by Gasteiger charge is 2.41. The Morgan fingerprint density at radius 1 is 0.439 bits per heavy atom. The van der Waals surface area contributed by atoms with Gasteiger partial charge >= 0.3 is 0 Å². The van der Waals surface area contributed by atoms with Crippen LogP contribution in [-0.4, -0.2) is 6.71 Å². The molecule has 2 aliphatic heterocycles. The lowest BCUT2D eigenvalue weighted by Crippen LogP contribution is -2.57. The molecule has 0 aromatic heterocycles. The summed E-state index contributed by atoms with van der Waals surface area (Å²) in [5.41, 5.74) is 12.8. The maximum atomic E-state index is 6.89. The maximum absolute atomic E-state index is 6.89. The highest BCUT2D eigenvalue weighted by Crippen LogP contribution is 2.42. The second kappa shape index (κ2) is 9.28. The van der Waals surface area contributed by atoms with Gasteiger partial charge in [0.05, 0.1) is 0 Å². The van der Waals surface area contributed by atoms with Crippen molar-refractivity contribution in [3.63, 3.8) is 0 Å². The number of benzene rings is 6. The van der Waals surface area contributed by atoms with Gasteiger partial charge in [0, 0.05) is 11.0 Å². The van der Waals surface area contributed by atoms with Crippen molar-refractivity contribution >= 4 is 23.1 Å². The summed E-state index contributed by atoms with van der Waals surface area (Å²) in [6, 6.07) is 45.1. The molecule has 6 aromatic carbocycles. The van der Waals surface area contributed by atoms with E-state index in [1.807, 2.05) is 6.07 Å². The molecule has 194 valence electrons. The first-order valence-corrected chi connectivity index (χ1v) is 14.1. The van der Waals surface area contributed by atoms with Gasteiger partial charge in [-0.15, -0.1) is 0 Å². The smallest absolute Gasteiger partial charge is 0.260 e. The molecule has 0 amide bonds. The van der Waals surface area contributed by atoms with Crippen LogP contribution in [0.15, 0.2) is 127 Å². The van der Waals surface area contributed by atoms with Gasteiger partial charge in [-0.2, -0.15) is 0 Å². The predicted octanol–water partition coefficient (Wildman–Crippen LogP) is 8.03. The van der Waals surface area contributed by atoms with E-state index in [0.29, 0.717) is 0 Å². The number of aryl methyl sites for hydroxylation is 2. The fraction of sp³-hybridized carbons (Fsp3) is 0.0526. The van der Waals surface area contributed by atoms with Crippen LogP contribution in [0.25, 0.3) is 33.4 Å². The van der Waals surface area contributed by atoms with Gasteiger partial charge in [-0.25, -0.2) is 0 Å². The molecule has 2 nitrogen and oxygen atoms in total. The van der Waals surface area contributed by atoms with E-state index in [0.717, 1.165) is 56.1 Å². The minimum atomic E-state index is 0.00668. The van der Waals surface area contributed by atoms with Crippen LogP contribution in [0.5, 0.6) is 23.0 Å². The van der Waals surface area contributed by atoms with Gasteiger partial charge in [0.1, 0.15) is 23.0 Å². The molecule has 0 N–H and O–H groups in total. The molecule has 0 unspecified atom stereocenters. The van der Waals surface area contributed by atoms with Crippen molar-refractivity contribution in [3.05, 3.63) is 139 Å².